The maximum atomic E-state index is 11.9. The third-order valence-corrected chi connectivity index (χ3v) is 3.70. The van der Waals surface area contributed by atoms with E-state index in [-0.39, 0.29) is 5.56 Å². The molecule has 0 atom stereocenters. The van der Waals surface area contributed by atoms with Crippen molar-refractivity contribution in [2.45, 2.75) is 19.5 Å². The molecule has 88 valence electrons. The molecule has 0 amide bonds. The van der Waals surface area contributed by atoms with Crippen molar-refractivity contribution in [2.24, 2.45) is 0 Å². The zero-order valence-electron chi connectivity index (χ0n) is 9.40. The zero-order chi connectivity index (χ0) is 11.7. The van der Waals surface area contributed by atoms with E-state index in [1.807, 2.05) is 14.0 Å². The van der Waals surface area contributed by atoms with Gasteiger partial charge in [0.1, 0.15) is 4.47 Å². The van der Waals surface area contributed by atoms with Crippen LogP contribution in [0.5, 0.6) is 0 Å². The van der Waals surface area contributed by atoms with Gasteiger partial charge in [-0.3, -0.25) is 4.79 Å². The summed E-state index contributed by atoms with van der Waals surface area (Å²) in [4.78, 5) is 14.0. The number of aromatic nitrogens is 2. The van der Waals surface area contributed by atoms with Crippen molar-refractivity contribution >= 4 is 21.6 Å². The van der Waals surface area contributed by atoms with Crippen LogP contribution in [0.15, 0.2) is 15.5 Å². The summed E-state index contributed by atoms with van der Waals surface area (Å²) >= 11 is 3.36. The molecule has 1 aliphatic heterocycles. The number of hydrogen-bond acceptors (Lipinski definition) is 4. The molecule has 2 heterocycles. The van der Waals surface area contributed by atoms with Crippen LogP contribution < -0.4 is 15.8 Å². The Morgan fingerprint density at radius 2 is 2.38 bits per heavy atom. The van der Waals surface area contributed by atoms with Crippen LogP contribution in [0.1, 0.15) is 6.92 Å². The lowest BCUT2D eigenvalue weighted by Gasteiger charge is -2.37. The molecule has 16 heavy (non-hydrogen) atoms. The highest BCUT2D eigenvalue weighted by molar-refractivity contribution is 9.10. The highest BCUT2D eigenvalue weighted by Gasteiger charge is 2.24. The lowest BCUT2D eigenvalue weighted by atomic mass is 10.1. The summed E-state index contributed by atoms with van der Waals surface area (Å²) in [5, 5.41) is 7.34. The monoisotopic (exact) mass is 286 g/mol. The number of nitrogens with zero attached hydrogens (tertiary/aromatic N) is 3. The molecule has 0 unspecified atom stereocenters. The first kappa shape index (κ1) is 11.6. The molecule has 1 saturated heterocycles. The fourth-order valence-electron chi connectivity index (χ4n) is 1.67. The van der Waals surface area contributed by atoms with Crippen molar-refractivity contribution in [2.75, 3.05) is 25.0 Å². The number of aryl methyl sites for hydroxylation is 1. The molecule has 5 nitrogen and oxygen atoms in total. The highest BCUT2D eigenvalue weighted by atomic mass is 79.9. The number of nitrogens with one attached hydrogen (secondary N) is 1. The Bertz CT molecular complexity index is 441. The molecule has 0 bridgehead atoms. The third-order valence-electron chi connectivity index (χ3n) is 2.95. The minimum atomic E-state index is -0.0702. The van der Waals surface area contributed by atoms with Crippen LogP contribution in [-0.4, -0.2) is 36.0 Å². The Morgan fingerprint density at radius 3 is 2.88 bits per heavy atom. The van der Waals surface area contributed by atoms with E-state index in [0.29, 0.717) is 17.1 Å². The van der Waals surface area contributed by atoms with Crippen molar-refractivity contribution in [3.05, 3.63) is 21.0 Å². The van der Waals surface area contributed by atoms with E-state index in [9.17, 15) is 4.79 Å². The van der Waals surface area contributed by atoms with Crippen molar-refractivity contribution in [1.82, 2.24) is 15.1 Å². The van der Waals surface area contributed by atoms with Gasteiger partial charge in [-0.25, -0.2) is 4.68 Å². The normalized spacial score (nSPS) is 15.9. The smallest absolute Gasteiger partial charge is 0.283 e. The fourth-order valence-corrected chi connectivity index (χ4v) is 2.26. The minimum absolute atomic E-state index is 0.0702. The second-order valence-corrected chi connectivity index (χ2v) is 4.68. The fraction of sp³-hybridized carbons (Fsp3) is 0.600. The standard InChI is InChI=1S/C10H15BrN4O/c1-3-15-10(16)9(11)8(6-13-15)14(2)7-4-12-5-7/h6-7,12H,3-5H2,1-2H3. The molecule has 1 aromatic heterocycles. The molecule has 1 aromatic rings. The van der Waals surface area contributed by atoms with Gasteiger partial charge in [-0.15, -0.1) is 0 Å². The second-order valence-electron chi connectivity index (χ2n) is 3.89. The van der Waals surface area contributed by atoms with Crippen LogP contribution in [0.2, 0.25) is 0 Å². The Balaban J connectivity index is 2.34. The minimum Gasteiger partial charge on any atom is -0.367 e. The summed E-state index contributed by atoms with van der Waals surface area (Å²) < 4.78 is 2.04. The highest BCUT2D eigenvalue weighted by Crippen LogP contribution is 2.23. The van der Waals surface area contributed by atoms with Gasteiger partial charge in [-0.05, 0) is 22.9 Å². The first-order valence-electron chi connectivity index (χ1n) is 5.34. The van der Waals surface area contributed by atoms with Crippen LogP contribution in [0.4, 0.5) is 5.69 Å². The molecule has 1 fully saturated rings. The van der Waals surface area contributed by atoms with Crippen LogP contribution in [0.25, 0.3) is 0 Å². The molecule has 2 rings (SSSR count). The van der Waals surface area contributed by atoms with E-state index in [2.05, 4.69) is 31.2 Å². The summed E-state index contributed by atoms with van der Waals surface area (Å²) in [6.07, 6.45) is 1.74. The maximum absolute atomic E-state index is 11.9. The van der Waals surface area contributed by atoms with Gasteiger partial charge >= 0.3 is 0 Å². The molecule has 0 radical (unpaired) electrons. The Morgan fingerprint density at radius 1 is 1.69 bits per heavy atom. The SMILES string of the molecule is CCn1ncc(N(C)C2CNC2)c(Br)c1=O. The van der Waals surface area contributed by atoms with Crippen molar-refractivity contribution in [3.8, 4) is 0 Å². The lowest BCUT2D eigenvalue weighted by Crippen LogP contribution is -2.56. The van der Waals surface area contributed by atoms with Crippen molar-refractivity contribution in [1.29, 1.82) is 0 Å². The van der Waals surface area contributed by atoms with Gasteiger partial charge in [0.05, 0.1) is 17.9 Å². The molecule has 0 aliphatic carbocycles. The van der Waals surface area contributed by atoms with Gasteiger partial charge in [-0.1, -0.05) is 0 Å². The largest absolute Gasteiger partial charge is 0.367 e. The van der Waals surface area contributed by atoms with Gasteiger partial charge in [0.25, 0.3) is 5.56 Å². The van der Waals surface area contributed by atoms with Crippen molar-refractivity contribution < 1.29 is 0 Å². The van der Waals surface area contributed by atoms with Crippen LogP contribution in [0.3, 0.4) is 0 Å². The Kier molecular flexibility index (Phi) is 3.30. The van der Waals surface area contributed by atoms with E-state index < -0.39 is 0 Å². The summed E-state index contributed by atoms with van der Waals surface area (Å²) in [6, 6.07) is 0.454. The zero-order valence-corrected chi connectivity index (χ0v) is 11.0. The van der Waals surface area contributed by atoms with Gasteiger partial charge in [0.15, 0.2) is 0 Å². The van der Waals surface area contributed by atoms with Gasteiger partial charge in [0.2, 0.25) is 0 Å². The van der Waals surface area contributed by atoms with Gasteiger partial charge < -0.3 is 10.2 Å². The third kappa shape index (κ3) is 1.87. The number of halogens is 1. The van der Waals surface area contributed by atoms with Gasteiger partial charge in [-0.2, -0.15) is 5.10 Å². The molecule has 1 N–H and O–H groups in total. The predicted molar refractivity (Wildman–Crippen MR) is 66.9 cm³/mol. The summed E-state index contributed by atoms with van der Waals surface area (Å²) in [5.41, 5.74) is 0.792. The summed E-state index contributed by atoms with van der Waals surface area (Å²) in [5.74, 6) is 0. The average molecular weight is 287 g/mol. The Hall–Kier alpha value is -0.880. The van der Waals surface area contributed by atoms with Gasteiger partial charge in [0, 0.05) is 26.7 Å². The number of hydrogen-bond donors (Lipinski definition) is 1. The number of likely N-dealkylation sites (N-methyl/N-ethyl adjacent to an activating group) is 1. The molecule has 0 spiro atoms. The molecular formula is C10H15BrN4O. The first-order valence-corrected chi connectivity index (χ1v) is 6.13. The van der Waals surface area contributed by atoms with Crippen LogP contribution >= 0.6 is 15.9 Å². The average Bonchev–Trinajstić information content (AvgIpc) is 2.19. The quantitative estimate of drug-likeness (QED) is 0.876. The second kappa shape index (κ2) is 4.55. The predicted octanol–water partition coefficient (Wildman–Crippen LogP) is 0.434. The molecule has 0 saturated carbocycles. The van der Waals surface area contributed by atoms with Crippen LogP contribution in [0, 0.1) is 0 Å². The topological polar surface area (TPSA) is 50.2 Å². The van der Waals surface area contributed by atoms with E-state index in [1.54, 1.807) is 6.20 Å². The lowest BCUT2D eigenvalue weighted by molar-refractivity contribution is 0.427. The van der Waals surface area contributed by atoms with E-state index in [4.69, 9.17) is 0 Å². The van der Waals surface area contributed by atoms with E-state index in [0.717, 1.165) is 18.8 Å². The Labute approximate surface area is 103 Å². The molecule has 0 aromatic carbocycles. The molecule has 6 heteroatoms. The molecule has 1 aliphatic rings. The van der Waals surface area contributed by atoms with E-state index in [1.165, 1.54) is 4.68 Å². The van der Waals surface area contributed by atoms with Crippen molar-refractivity contribution in [3.63, 3.8) is 0 Å². The summed E-state index contributed by atoms with van der Waals surface area (Å²) in [6.45, 7) is 4.41. The number of rotatable bonds is 3. The molecular weight excluding hydrogens is 272 g/mol. The summed E-state index contributed by atoms with van der Waals surface area (Å²) in [7, 11) is 1.99. The maximum Gasteiger partial charge on any atom is 0.283 e. The van der Waals surface area contributed by atoms with Crippen LogP contribution in [-0.2, 0) is 6.54 Å². The first-order chi connectivity index (χ1) is 7.65. The van der Waals surface area contributed by atoms with E-state index >= 15 is 0 Å². The number of anilines is 1.